The predicted molar refractivity (Wildman–Crippen MR) is 53.2 cm³/mol. The molecule has 0 saturated carbocycles. The molecule has 1 aromatic rings. The minimum atomic E-state index is -0.548. The Morgan fingerprint density at radius 2 is 2.38 bits per heavy atom. The van der Waals surface area contributed by atoms with E-state index in [1.54, 1.807) is 6.92 Å². The molecule has 0 aromatic carbocycles. The standard InChI is InChI=1S/C8H14N4O3.Y/c1-2-15-6(5-13)4-12-8(14)11-7(9)3-10-12;/h3,6,13H,2,4-5H2,1H3,(H2,9,11,14);/t6-;/m0./s1. The molecule has 0 aliphatic rings. The van der Waals surface area contributed by atoms with E-state index in [0.717, 1.165) is 4.68 Å². The van der Waals surface area contributed by atoms with Crippen molar-refractivity contribution in [2.75, 3.05) is 18.9 Å². The van der Waals surface area contributed by atoms with Crippen molar-refractivity contribution in [2.45, 2.75) is 19.6 Å². The fraction of sp³-hybridized carbons (Fsp3) is 0.625. The number of aliphatic hydroxyl groups excluding tert-OH is 1. The molecule has 1 rings (SSSR count). The van der Waals surface area contributed by atoms with E-state index in [1.807, 2.05) is 0 Å². The zero-order valence-electron chi connectivity index (χ0n) is 9.04. The molecule has 3 N–H and O–H groups in total. The summed E-state index contributed by atoms with van der Waals surface area (Å²) < 4.78 is 6.28. The number of nitrogen functional groups attached to an aromatic ring is 1. The largest absolute Gasteiger partial charge is 0.394 e. The summed E-state index contributed by atoms with van der Waals surface area (Å²) in [5.74, 6) is 0.0770. The average Bonchev–Trinajstić information content (AvgIpc) is 2.21. The maximum atomic E-state index is 11.3. The SMILES string of the molecule is CCO[C@H](CO)Cn1ncc(N)nc1=O.[Y]. The fourth-order valence-electron chi connectivity index (χ4n) is 1.09. The molecule has 0 saturated heterocycles. The van der Waals surface area contributed by atoms with Crippen LogP contribution in [-0.4, -0.2) is 39.2 Å². The van der Waals surface area contributed by atoms with E-state index in [0.29, 0.717) is 6.61 Å². The van der Waals surface area contributed by atoms with Gasteiger partial charge in [0.05, 0.1) is 19.3 Å². The number of aliphatic hydroxyl groups is 1. The summed E-state index contributed by atoms with van der Waals surface area (Å²) >= 11 is 0. The van der Waals surface area contributed by atoms with Crippen LogP contribution in [0.3, 0.4) is 0 Å². The Balaban J connectivity index is 0.00000225. The molecular weight excluding hydrogens is 289 g/mol. The van der Waals surface area contributed by atoms with Gasteiger partial charge in [-0.25, -0.2) is 9.48 Å². The Labute approximate surface area is 118 Å². The number of nitrogens with zero attached hydrogens (tertiary/aromatic N) is 3. The van der Waals surface area contributed by atoms with E-state index in [2.05, 4.69) is 10.1 Å². The van der Waals surface area contributed by atoms with Crippen LogP contribution in [0.2, 0.25) is 0 Å². The normalized spacial score (nSPS) is 11.9. The van der Waals surface area contributed by atoms with Gasteiger partial charge in [-0.2, -0.15) is 10.1 Å². The van der Waals surface area contributed by atoms with Crippen molar-refractivity contribution in [1.29, 1.82) is 0 Å². The number of rotatable bonds is 5. The molecule has 87 valence electrons. The first-order chi connectivity index (χ1) is 7.17. The van der Waals surface area contributed by atoms with Gasteiger partial charge < -0.3 is 15.6 Å². The maximum absolute atomic E-state index is 11.3. The molecule has 0 spiro atoms. The second-order valence-corrected chi connectivity index (χ2v) is 2.91. The molecular formula is C8H14N4O3Y. The Kier molecular flexibility index (Phi) is 7.65. The zero-order valence-corrected chi connectivity index (χ0v) is 11.9. The van der Waals surface area contributed by atoms with E-state index >= 15 is 0 Å². The van der Waals surface area contributed by atoms with Crippen molar-refractivity contribution in [3.8, 4) is 0 Å². The van der Waals surface area contributed by atoms with Crippen LogP contribution in [0.25, 0.3) is 0 Å². The summed E-state index contributed by atoms with van der Waals surface area (Å²) in [5, 5.41) is 12.7. The van der Waals surface area contributed by atoms with Crippen molar-refractivity contribution < 1.29 is 42.6 Å². The average molecular weight is 303 g/mol. The van der Waals surface area contributed by atoms with Gasteiger partial charge in [-0.3, -0.25) is 0 Å². The number of hydrogen-bond acceptors (Lipinski definition) is 6. The Morgan fingerprint density at radius 1 is 1.69 bits per heavy atom. The molecule has 1 aromatic heterocycles. The molecule has 0 aliphatic heterocycles. The molecule has 16 heavy (non-hydrogen) atoms. The van der Waals surface area contributed by atoms with Gasteiger partial charge in [0, 0.05) is 39.3 Å². The molecule has 0 bridgehead atoms. The van der Waals surface area contributed by atoms with Crippen LogP contribution in [0.4, 0.5) is 5.82 Å². The summed E-state index contributed by atoms with van der Waals surface area (Å²) in [6, 6.07) is 0. The molecule has 1 heterocycles. The molecule has 0 unspecified atom stereocenters. The van der Waals surface area contributed by atoms with Gasteiger partial charge in [0.2, 0.25) is 0 Å². The van der Waals surface area contributed by atoms with Crippen molar-refractivity contribution in [2.24, 2.45) is 0 Å². The number of nitrogens with two attached hydrogens (primary N) is 1. The smallest absolute Gasteiger partial charge is 0.366 e. The molecule has 8 heteroatoms. The van der Waals surface area contributed by atoms with E-state index in [9.17, 15) is 4.79 Å². The van der Waals surface area contributed by atoms with Gasteiger partial charge in [-0.1, -0.05) is 0 Å². The summed E-state index contributed by atoms with van der Waals surface area (Å²) in [4.78, 5) is 14.8. The van der Waals surface area contributed by atoms with Gasteiger partial charge in [-0.05, 0) is 6.92 Å². The summed E-state index contributed by atoms with van der Waals surface area (Å²) in [6.07, 6.45) is 0.826. The topological polar surface area (TPSA) is 103 Å². The zero-order chi connectivity index (χ0) is 11.3. The Hall–Kier alpha value is -0.366. The quantitative estimate of drug-likeness (QED) is 0.694. The van der Waals surface area contributed by atoms with Gasteiger partial charge >= 0.3 is 5.69 Å². The van der Waals surface area contributed by atoms with Crippen LogP contribution in [-0.2, 0) is 44.0 Å². The van der Waals surface area contributed by atoms with Crippen LogP contribution in [0.15, 0.2) is 11.0 Å². The summed E-state index contributed by atoms with van der Waals surface area (Å²) in [7, 11) is 0. The van der Waals surface area contributed by atoms with Crippen LogP contribution in [0, 0.1) is 0 Å². The monoisotopic (exact) mass is 303 g/mol. The third-order valence-corrected chi connectivity index (χ3v) is 1.76. The van der Waals surface area contributed by atoms with Crippen molar-refractivity contribution in [1.82, 2.24) is 14.8 Å². The Morgan fingerprint density at radius 3 is 2.88 bits per heavy atom. The van der Waals surface area contributed by atoms with Crippen LogP contribution in [0.1, 0.15) is 6.92 Å². The van der Waals surface area contributed by atoms with E-state index in [1.165, 1.54) is 6.20 Å². The maximum Gasteiger partial charge on any atom is 0.366 e. The van der Waals surface area contributed by atoms with Gasteiger partial charge in [0.15, 0.2) is 0 Å². The van der Waals surface area contributed by atoms with E-state index < -0.39 is 11.8 Å². The van der Waals surface area contributed by atoms with Crippen LogP contribution < -0.4 is 11.4 Å². The molecule has 1 atom stereocenters. The minimum absolute atomic E-state index is 0. The third-order valence-electron chi connectivity index (χ3n) is 1.76. The van der Waals surface area contributed by atoms with Crippen molar-refractivity contribution in [3.05, 3.63) is 16.7 Å². The summed E-state index contributed by atoms with van der Waals surface area (Å²) in [5.41, 5.74) is 4.73. The van der Waals surface area contributed by atoms with Crippen molar-refractivity contribution in [3.63, 3.8) is 0 Å². The molecule has 0 aliphatic carbocycles. The second-order valence-electron chi connectivity index (χ2n) is 2.91. The third kappa shape index (κ3) is 4.65. The summed E-state index contributed by atoms with van der Waals surface area (Å²) in [6.45, 7) is 2.26. The number of anilines is 1. The molecule has 1 radical (unpaired) electrons. The molecule has 0 fully saturated rings. The first-order valence-corrected chi connectivity index (χ1v) is 4.59. The van der Waals surface area contributed by atoms with Crippen LogP contribution in [0.5, 0.6) is 0 Å². The number of ether oxygens (including phenoxy) is 1. The van der Waals surface area contributed by atoms with E-state index in [-0.39, 0.29) is 51.7 Å². The Bertz CT molecular complexity index is 371. The first-order valence-electron chi connectivity index (χ1n) is 4.59. The predicted octanol–water partition coefficient (Wildman–Crippen LogP) is -1.38. The molecule has 7 nitrogen and oxygen atoms in total. The first kappa shape index (κ1) is 15.6. The minimum Gasteiger partial charge on any atom is -0.394 e. The van der Waals surface area contributed by atoms with E-state index in [4.69, 9.17) is 15.6 Å². The fourth-order valence-corrected chi connectivity index (χ4v) is 1.09. The molecule has 0 amide bonds. The number of aromatic nitrogens is 3. The van der Waals surface area contributed by atoms with Crippen LogP contribution >= 0.6 is 0 Å². The van der Waals surface area contributed by atoms with Crippen molar-refractivity contribution >= 4 is 5.82 Å². The van der Waals surface area contributed by atoms with Gasteiger partial charge in [0.25, 0.3) is 0 Å². The van der Waals surface area contributed by atoms with Gasteiger partial charge in [0.1, 0.15) is 11.9 Å². The number of hydrogen-bond donors (Lipinski definition) is 2. The van der Waals surface area contributed by atoms with Gasteiger partial charge in [-0.15, -0.1) is 0 Å². The second kappa shape index (κ2) is 7.83.